The second-order valence-corrected chi connectivity index (χ2v) is 7.17. The second kappa shape index (κ2) is 6.60. The van der Waals surface area contributed by atoms with Gasteiger partial charge in [0, 0.05) is 30.1 Å². The highest BCUT2D eigenvalue weighted by molar-refractivity contribution is 7.99. The van der Waals surface area contributed by atoms with Gasteiger partial charge in [-0.15, -0.1) is 0 Å². The van der Waals surface area contributed by atoms with Crippen LogP contribution in [0.4, 0.5) is 0 Å². The summed E-state index contributed by atoms with van der Waals surface area (Å²) in [7, 11) is 0. The molecule has 3 aliphatic rings. The van der Waals surface area contributed by atoms with E-state index < -0.39 is 0 Å². The van der Waals surface area contributed by atoms with Gasteiger partial charge in [-0.1, -0.05) is 0 Å². The SMILES string of the molecule is C1CC2OCCN(CCSC3CCNCC3)C2C1. The molecule has 0 bridgehead atoms. The molecule has 1 N–H and O–H groups in total. The van der Waals surface area contributed by atoms with Gasteiger partial charge in [-0.25, -0.2) is 0 Å². The average molecular weight is 270 g/mol. The van der Waals surface area contributed by atoms with Crippen LogP contribution < -0.4 is 5.32 Å². The zero-order valence-electron chi connectivity index (χ0n) is 11.3. The average Bonchev–Trinajstić information content (AvgIpc) is 2.89. The molecular formula is C14H26N2OS. The quantitative estimate of drug-likeness (QED) is 0.841. The van der Waals surface area contributed by atoms with Crippen LogP contribution in [0.15, 0.2) is 0 Å². The fraction of sp³-hybridized carbons (Fsp3) is 1.00. The topological polar surface area (TPSA) is 24.5 Å². The minimum absolute atomic E-state index is 0.558. The molecule has 2 atom stereocenters. The van der Waals surface area contributed by atoms with E-state index >= 15 is 0 Å². The first kappa shape index (κ1) is 13.2. The second-order valence-electron chi connectivity index (χ2n) is 5.76. The molecular weight excluding hydrogens is 244 g/mol. The maximum Gasteiger partial charge on any atom is 0.0730 e. The Morgan fingerprint density at radius 3 is 2.94 bits per heavy atom. The summed E-state index contributed by atoms with van der Waals surface area (Å²) in [5.41, 5.74) is 0. The summed E-state index contributed by atoms with van der Waals surface area (Å²) < 4.78 is 5.87. The standard InChI is InChI=1S/C14H26N2OS/c1-2-13-14(3-1)17-10-8-16(13)9-11-18-12-4-6-15-7-5-12/h12-15H,1-11H2. The van der Waals surface area contributed by atoms with Crippen molar-refractivity contribution >= 4 is 11.8 Å². The van der Waals surface area contributed by atoms with Crippen LogP contribution in [-0.2, 0) is 4.74 Å². The zero-order chi connectivity index (χ0) is 12.2. The van der Waals surface area contributed by atoms with Crippen LogP contribution in [0.5, 0.6) is 0 Å². The number of rotatable bonds is 4. The number of nitrogens with zero attached hydrogens (tertiary/aromatic N) is 1. The van der Waals surface area contributed by atoms with Crippen molar-refractivity contribution in [2.45, 2.75) is 49.5 Å². The van der Waals surface area contributed by atoms with Gasteiger partial charge >= 0.3 is 0 Å². The van der Waals surface area contributed by atoms with E-state index in [0.717, 1.165) is 24.4 Å². The smallest absolute Gasteiger partial charge is 0.0730 e. The number of thioether (sulfide) groups is 1. The third kappa shape index (κ3) is 3.21. The molecule has 0 radical (unpaired) electrons. The molecule has 0 aromatic carbocycles. The molecule has 3 fully saturated rings. The van der Waals surface area contributed by atoms with Crippen LogP contribution in [-0.4, -0.2) is 60.8 Å². The third-order valence-corrected chi connectivity index (χ3v) is 5.98. The highest BCUT2D eigenvalue weighted by Crippen LogP contribution is 2.30. The number of morpholine rings is 1. The Balaban J connectivity index is 1.39. The molecule has 104 valence electrons. The fourth-order valence-electron chi connectivity index (χ4n) is 3.58. The van der Waals surface area contributed by atoms with Crippen molar-refractivity contribution in [3.05, 3.63) is 0 Å². The Hall–Kier alpha value is 0.230. The molecule has 3 nitrogen and oxygen atoms in total. The first-order chi connectivity index (χ1) is 8.93. The minimum atomic E-state index is 0.558. The third-order valence-electron chi connectivity index (χ3n) is 4.62. The summed E-state index contributed by atoms with van der Waals surface area (Å²) in [4.78, 5) is 2.70. The lowest BCUT2D eigenvalue weighted by Gasteiger charge is -2.37. The lowest BCUT2D eigenvalue weighted by molar-refractivity contribution is -0.0530. The van der Waals surface area contributed by atoms with Crippen molar-refractivity contribution in [3.63, 3.8) is 0 Å². The van der Waals surface area contributed by atoms with Gasteiger partial charge in [0.25, 0.3) is 0 Å². The number of piperidine rings is 1. The molecule has 1 aliphatic carbocycles. The van der Waals surface area contributed by atoms with E-state index in [0.29, 0.717) is 6.10 Å². The number of hydrogen-bond donors (Lipinski definition) is 1. The number of ether oxygens (including phenoxy) is 1. The first-order valence-corrected chi connectivity index (χ1v) is 8.66. The van der Waals surface area contributed by atoms with E-state index in [1.807, 2.05) is 0 Å². The Morgan fingerprint density at radius 2 is 2.06 bits per heavy atom. The Labute approximate surface area is 115 Å². The maximum absolute atomic E-state index is 5.87. The van der Waals surface area contributed by atoms with Gasteiger partial charge < -0.3 is 10.1 Å². The lowest BCUT2D eigenvalue weighted by atomic mass is 10.1. The van der Waals surface area contributed by atoms with Crippen molar-refractivity contribution in [1.29, 1.82) is 0 Å². The molecule has 2 saturated heterocycles. The molecule has 1 saturated carbocycles. The van der Waals surface area contributed by atoms with E-state index in [1.165, 1.54) is 57.5 Å². The number of fused-ring (bicyclic) bond motifs is 1. The summed E-state index contributed by atoms with van der Waals surface area (Å²) in [5, 5.41) is 4.35. The van der Waals surface area contributed by atoms with Crippen LogP contribution in [0.1, 0.15) is 32.1 Å². The number of nitrogens with one attached hydrogen (secondary N) is 1. The van der Waals surface area contributed by atoms with Crippen molar-refractivity contribution in [3.8, 4) is 0 Å². The molecule has 2 aliphatic heterocycles. The zero-order valence-corrected chi connectivity index (χ0v) is 12.1. The lowest BCUT2D eigenvalue weighted by Crippen LogP contribution is -2.49. The minimum Gasteiger partial charge on any atom is -0.375 e. The fourth-order valence-corrected chi connectivity index (χ4v) is 4.82. The predicted octanol–water partition coefficient (Wildman–Crippen LogP) is 1.72. The Bertz CT molecular complexity index is 258. The van der Waals surface area contributed by atoms with E-state index in [4.69, 9.17) is 4.74 Å². The van der Waals surface area contributed by atoms with Crippen LogP contribution in [0.3, 0.4) is 0 Å². The van der Waals surface area contributed by atoms with E-state index in [1.54, 1.807) is 0 Å². The molecule has 18 heavy (non-hydrogen) atoms. The van der Waals surface area contributed by atoms with Crippen LogP contribution in [0.2, 0.25) is 0 Å². The van der Waals surface area contributed by atoms with Gasteiger partial charge in [0.05, 0.1) is 12.7 Å². The molecule has 0 spiro atoms. The Kier molecular flexibility index (Phi) is 4.85. The van der Waals surface area contributed by atoms with Gasteiger partial charge in [0.15, 0.2) is 0 Å². The highest BCUT2D eigenvalue weighted by Gasteiger charge is 2.35. The first-order valence-electron chi connectivity index (χ1n) is 7.61. The summed E-state index contributed by atoms with van der Waals surface area (Å²) in [6.45, 7) is 5.84. The van der Waals surface area contributed by atoms with Crippen LogP contribution in [0, 0.1) is 0 Å². The summed E-state index contributed by atoms with van der Waals surface area (Å²) in [6.07, 6.45) is 7.31. The van der Waals surface area contributed by atoms with Gasteiger partial charge in [0.1, 0.15) is 0 Å². The highest BCUT2D eigenvalue weighted by atomic mass is 32.2. The summed E-state index contributed by atoms with van der Waals surface area (Å²) >= 11 is 2.20. The molecule has 4 heteroatoms. The number of hydrogen-bond acceptors (Lipinski definition) is 4. The van der Waals surface area contributed by atoms with Crippen molar-refractivity contribution in [2.24, 2.45) is 0 Å². The molecule has 0 aromatic rings. The van der Waals surface area contributed by atoms with Gasteiger partial charge in [-0.2, -0.15) is 11.8 Å². The normalized spacial score (nSPS) is 34.7. The maximum atomic E-state index is 5.87. The van der Waals surface area contributed by atoms with Crippen LogP contribution in [0.25, 0.3) is 0 Å². The van der Waals surface area contributed by atoms with Crippen molar-refractivity contribution in [2.75, 3.05) is 38.5 Å². The molecule has 3 rings (SSSR count). The van der Waals surface area contributed by atoms with Crippen LogP contribution >= 0.6 is 11.8 Å². The van der Waals surface area contributed by atoms with E-state index in [9.17, 15) is 0 Å². The molecule has 2 heterocycles. The van der Waals surface area contributed by atoms with Gasteiger partial charge in [-0.3, -0.25) is 4.90 Å². The van der Waals surface area contributed by atoms with Crippen molar-refractivity contribution < 1.29 is 4.74 Å². The van der Waals surface area contributed by atoms with E-state index in [-0.39, 0.29) is 0 Å². The Morgan fingerprint density at radius 1 is 1.17 bits per heavy atom. The molecule has 0 amide bonds. The van der Waals surface area contributed by atoms with Gasteiger partial charge in [-0.05, 0) is 45.2 Å². The molecule has 0 aromatic heterocycles. The van der Waals surface area contributed by atoms with E-state index in [2.05, 4.69) is 22.0 Å². The molecule has 2 unspecified atom stereocenters. The summed E-state index contributed by atoms with van der Waals surface area (Å²) in [5.74, 6) is 1.31. The van der Waals surface area contributed by atoms with Crippen molar-refractivity contribution in [1.82, 2.24) is 10.2 Å². The monoisotopic (exact) mass is 270 g/mol. The predicted molar refractivity (Wildman–Crippen MR) is 77.3 cm³/mol. The largest absolute Gasteiger partial charge is 0.375 e. The summed E-state index contributed by atoms with van der Waals surface area (Å²) in [6, 6.07) is 0.743. The van der Waals surface area contributed by atoms with Gasteiger partial charge in [0.2, 0.25) is 0 Å².